The first kappa shape index (κ1) is 19.4. The lowest BCUT2D eigenvalue weighted by Crippen LogP contribution is -2.45. The highest BCUT2D eigenvalue weighted by molar-refractivity contribution is 6.31. The molecule has 0 bridgehead atoms. The molecule has 2 aromatic carbocycles. The number of anilines is 1. The number of rotatable bonds is 4. The topological polar surface area (TPSA) is 69.6 Å². The third-order valence-corrected chi connectivity index (χ3v) is 5.14. The number of carbonyl (C=O) groups is 2. The summed E-state index contributed by atoms with van der Waals surface area (Å²) < 4.78 is 0. The molecule has 2 aromatic rings. The minimum Gasteiger partial charge on any atom is -0.391 e. The van der Waals surface area contributed by atoms with Gasteiger partial charge in [0.05, 0.1) is 17.4 Å². The second-order valence-electron chi connectivity index (χ2n) is 6.72. The summed E-state index contributed by atoms with van der Waals surface area (Å²) >= 11 is 6.03. The number of benzene rings is 2. The fraction of sp³-hybridized carbons (Fsp3) is 0.333. The second-order valence-corrected chi connectivity index (χ2v) is 7.15. The van der Waals surface area contributed by atoms with Crippen molar-refractivity contribution in [3.63, 3.8) is 0 Å². The van der Waals surface area contributed by atoms with E-state index in [0.29, 0.717) is 35.7 Å². The van der Waals surface area contributed by atoms with Gasteiger partial charge in [-0.2, -0.15) is 0 Å². The normalized spacial score (nSPS) is 19.6. The van der Waals surface area contributed by atoms with Gasteiger partial charge >= 0.3 is 0 Å². The second kappa shape index (κ2) is 8.55. The van der Waals surface area contributed by atoms with Gasteiger partial charge in [-0.15, -0.1) is 0 Å². The number of hydrogen-bond donors (Lipinski definition) is 2. The highest BCUT2D eigenvalue weighted by Gasteiger charge is 2.32. The Morgan fingerprint density at radius 3 is 2.63 bits per heavy atom. The van der Waals surface area contributed by atoms with Crippen LogP contribution in [0, 0.1) is 0 Å². The summed E-state index contributed by atoms with van der Waals surface area (Å²) in [5, 5.41) is 13.8. The summed E-state index contributed by atoms with van der Waals surface area (Å²) in [7, 11) is 0. The fourth-order valence-corrected chi connectivity index (χ4v) is 3.59. The van der Waals surface area contributed by atoms with Crippen LogP contribution in [0.1, 0.15) is 41.6 Å². The number of aliphatic hydroxyl groups is 1. The lowest BCUT2D eigenvalue weighted by molar-refractivity contribution is -0.115. The molecule has 2 atom stereocenters. The standard InChI is InChI=1S/C21H23ClN2O3/c1-2-20(26)23-18-12-15(22)8-9-17(18)21(27)24-11-10-16(19(25)13-24)14-6-4-3-5-7-14/h3-9,12,16,19,25H,2,10-11,13H2,1H3,(H,23,26)/t16-,19+/m0/s1. The maximum atomic E-state index is 13.0. The Bertz CT molecular complexity index is 825. The van der Waals surface area contributed by atoms with E-state index < -0.39 is 6.10 Å². The Kier molecular flexibility index (Phi) is 6.14. The molecule has 3 rings (SSSR count). The minimum absolute atomic E-state index is 0.0136. The molecule has 1 aliphatic rings. The van der Waals surface area contributed by atoms with E-state index >= 15 is 0 Å². The van der Waals surface area contributed by atoms with Crippen molar-refractivity contribution in [1.82, 2.24) is 4.90 Å². The molecular formula is C21H23ClN2O3. The predicted molar refractivity (Wildman–Crippen MR) is 106 cm³/mol. The summed E-state index contributed by atoms with van der Waals surface area (Å²) in [6, 6.07) is 14.7. The van der Waals surface area contributed by atoms with E-state index in [1.54, 1.807) is 30.0 Å². The van der Waals surface area contributed by atoms with Crippen molar-refractivity contribution in [3.8, 4) is 0 Å². The smallest absolute Gasteiger partial charge is 0.256 e. The Morgan fingerprint density at radius 1 is 1.22 bits per heavy atom. The van der Waals surface area contributed by atoms with E-state index in [1.807, 2.05) is 30.3 Å². The van der Waals surface area contributed by atoms with Crippen molar-refractivity contribution < 1.29 is 14.7 Å². The Labute approximate surface area is 163 Å². The van der Waals surface area contributed by atoms with Crippen molar-refractivity contribution in [2.24, 2.45) is 0 Å². The number of carbonyl (C=O) groups excluding carboxylic acids is 2. The van der Waals surface area contributed by atoms with Gasteiger partial charge in [-0.25, -0.2) is 0 Å². The third kappa shape index (κ3) is 4.49. The van der Waals surface area contributed by atoms with Crippen LogP contribution in [0.25, 0.3) is 0 Å². The van der Waals surface area contributed by atoms with Gasteiger partial charge in [0, 0.05) is 30.5 Å². The maximum absolute atomic E-state index is 13.0. The highest BCUT2D eigenvalue weighted by Crippen LogP contribution is 2.30. The zero-order valence-corrected chi connectivity index (χ0v) is 15.9. The van der Waals surface area contributed by atoms with Gasteiger partial charge in [-0.05, 0) is 30.2 Å². The van der Waals surface area contributed by atoms with Gasteiger partial charge in [0.2, 0.25) is 5.91 Å². The van der Waals surface area contributed by atoms with Crippen molar-refractivity contribution in [2.75, 3.05) is 18.4 Å². The van der Waals surface area contributed by atoms with Gasteiger partial charge in [0.25, 0.3) is 5.91 Å². The number of amides is 2. The maximum Gasteiger partial charge on any atom is 0.256 e. The summed E-state index contributed by atoms with van der Waals surface area (Å²) in [5.74, 6) is -0.391. The van der Waals surface area contributed by atoms with E-state index in [4.69, 9.17) is 11.6 Å². The Hall–Kier alpha value is -2.37. The summed E-state index contributed by atoms with van der Waals surface area (Å²) in [6.45, 7) is 2.54. The number of nitrogens with one attached hydrogen (secondary N) is 1. The third-order valence-electron chi connectivity index (χ3n) is 4.90. The van der Waals surface area contributed by atoms with Crippen LogP contribution in [0.3, 0.4) is 0 Å². The SMILES string of the molecule is CCC(=O)Nc1cc(Cl)ccc1C(=O)N1CC[C@@H](c2ccccc2)[C@H](O)C1. The quantitative estimate of drug-likeness (QED) is 0.842. The molecule has 0 saturated carbocycles. The zero-order chi connectivity index (χ0) is 19.4. The molecule has 0 aromatic heterocycles. The molecule has 0 spiro atoms. The summed E-state index contributed by atoms with van der Waals surface area (Å²) in [4.78, 5) is 26.4. The lowest BCUT2D eigenvalue weighted by Gasteiger charge is -2.36. The summed E-state index contributed by atoms with van der Waals surface area (Å²) in [5.41, 5.74) is 1.87. The first-order valence-electron chi connectivity index (χ1n) is 9.11. The highest BCUT2D eigenvalue weighted by atomic mass is 35.5. The van der Waals surface area contributed by atoms with Crippen LogP contribution < -0.4 is 5.32 Å². The molecule has 142 valence electrons. The van der Waals surface area contributed by atoms with Gasteiger partial charge < -0.3 is 15.3 Å². The largest absolute Gasteiger partial charge is 0.391 e. The number of halogens is 1. The average molecular weight is 387 g/mol. The molecule has 5 nitrogen and oxygen atoms in total. The number of likely N-dealkylation sites (tertiary alicyclic amines) is 1. The lowest BCUT2D eigenvalue weighted by atomic mass is 9.87. The van der Waals surface area contributed by atoms with Gasteiger partial charge in [0.15, 0.2) is 0 Å². The monoisotopic (exact) mass is 386 g/mol. The molecule has 1 heterocycles. The minimum atomic E-state index is -0.633. The van der Waals surface area contributed by atoms with Crippen LogP contribution in [0.5, 0.6) is 0 Å². The molecule has 27 heavy (non-hydrogen) atoms. The first-order chi connectivity index (χ1) is 13.0. The van der Waals surface area contributed by atoms with Crippen LogP contribution in [0.15, 0.2) is 48.5 Å². The molecule has 0 unspecified atom stereocenters. The molecule has 6 heteroatoms. The van der Waals surface area contributed by atoms with Gasteiger partial charge in [0.1, 0.15) is 0 Å². The number of piperidine rings is 1. The number of nitrogens with zero attached hydrogens (tertiary/aromatic N) is 1. The van der Waals surface area contributed by atoms with Gasteiger partial charge in [-0.3, -0.25) is 9.59 Å². The van der Waals surface area contributed by atoms with Crippen LogP contribution in [0.4, 0.5) is 5.69 Å². The van der Waals surface area contributed by atoms with E-state index in [-0.39, 0.29) is 24.3 Å². The van der Waals surface area contributed by atoms with Gasteiger partial charge in [-0.1, -0.05) is 48.9 Å². The van der Waals surface area contributed by atoms with E-state index in [1.165, 1.54) is 0 Å². The Morgan fingerprint density at radius 2 is 1.96 bits per heavy atom. The van der Waals surface area contributed by atoms with Crippen molar-refractivity contribution in [3.05, 3.63) is 64.7 Å². The molecule has 0 aliphatic carbocycles. The van der Waals surface area contributed by atoms with Crippen LogP contribution in [0.2, 0.25) is 5.02 Å². The Balaban J connectivity index is 1.76. The number of aliphatic hydroxyl groups excluding tert-OH is 1. The van der Waals surface area contributed by atoms with Crippen LogP contribution in [-0.4, -0.2) is 41.0 Å². The van der Waals surface area contributed by atoms with E-state index in [2.05, 4.69) is 5.32 Å². The van der Waals surface area contributed by atoms with E-state index in [9.17, 15) is 14.7 Å². The molecule has 2 N–H and O–H groups in total. The van der Waals surface area contributed by atoms with Crippen LogP contribution in [-0.2, 0) is 4.79 Å². The molecule has 2 amide bonds. The number of β-amino-alcohol motifs (C(OH)–C–C–N with tert-alkyl or cyclic N) is 1. The van der Waals surface area contributed by atoms with Crippen molar-refractivity contribution >= 4 is 29.1 Å². The molecule has 1 aliphatic heterocycles. The molecule has 0 radical (unpaired) electrons. The summed E-state index contributed by atoms with van der Waals surface area (Å²) in [6.07, 6.45) is 0.355. The molecule has 1 saturated heterocycles. The molecular weight excluding hydrogens is 364 g/mol. The zero-order valence-electron chi connectivity index (χ0n) is 15.2. The number of hydrogen-bond acceptors (Lipinski definition) is 3. The fourth-order valence-electron chi connectivity index (χ4n) is 3.42. The van der Waals surface area contributed by atoms with Crippen molar-refractivity contribution in [1.29, 1.82) is 0 Å². The van der Waals surface area contributed by atoms with Crippen LogP contribution >= 0.6 is 11.6 Å². The molecule has 1 fully saturated rings. The first-order valence-corrected chi connectivity index (χ1v) is 9.49. The van der Waals surface area contributed by atoms with E-state index in [0.717, 1.165) is 5.56 Å². The average Bonchev–Trinajstić information content (AvgIpc) is 2.68. The van der Waals surface area contributed by atoms with Crippen molar-refractivity contribution in [2.45, 2.75) is 31.8 Å². The predicted octanol–water partition coefficient (Wildman–Crippen LogP) is 3.68.